The highest BCUT2D eigenvalue weighted by Crippen LogP contribution is 2.47. The smallest absolute Gasteiger partial charge is 0.253 e. The van der Waals surface area contributed by atoms with E-state index in [2.05, 4.69) is 48.1 Å². The van der Waals surface area contributed by atoms with Crippen molar-refractivity contribution < 1.29 is 9.32 Å². The second kappa shape index (κ2) is 7.61. The van der Waals surface area contributed by atoms with E-state index in [-0.39, 0.29) is 17.4 Å². The molecule has 6 nitrogen and oxygen atoms in total. The molecule has 0 radical (unpaired) electrons. The number of amides is 1. The maximum Gasteiger partial charge on any atom is 0.253 e. The lowest BCUT2D eigenvalue weighted by atomic mass is 9.77. The van der Waals surface area contributed by atoms with E-state index < -0.39 is 0 Å². The van der Waals surface area contributed by atoms with Gasteiger partial charge in [-0.25, -0.2) is 0 Å². The molecular weight excluding hydrogens is 388 g/mol. The molecule has 0 N–H and O–H groups in total. The topological polar surface area (TPSA) is 62.5 Å². The van der Waals surface area contributed by atoms with E-state index in [4.69, 9.17) is 4.52 Å². The Balaban J connectivity index is 1.24. The molecule has 0 aliphatic carbocycles. The van der Waals surface area contributed by atoms with Crippen molar-refractivity contribution in [1.82, 2.24) is 19.9 Å². The molecule has 3 heterocycles. The Kier molecular flexibility index (Phi) is 4.89. The molecule has 1 spiro atoms. The molecule has 2 aromatic carbocycles. The minimum atomic E-state index is 0.0903. The molecule has 2 aliphatic heterocycles. The molecule has 2 saturated heterocycles. The molecule has 2 aliphatic rings. The number of hydrogen-bond donors (Lipinski definition) is 0. The Morgan fingerprint density at radius 1 is 1.06 bits per heavy atom. The van der Waals surface area contributed by atoms with Crippen molar-refractivity contribution in [3.8, 4) is 11.4 Å². The quantitative estimate of drug-likeness (QED) is 0.632. The number of carbonyl (C=O) groups excluding carboxylic acids is 1. The summed E-state index contributed by atoms with van der Waals surface area (Å²) < 4.78 is 5.63. The van der Waals surface area contributed by atoms with Gasteiger partial charge in [-0.15, -0.1) is 0 Å². The van der Waals surface area contributed by atoms with Gasteiger partial charge >= 0.3 is 0 Å². The van der Waals surface area contributed by atoms with Crippen LogP contribution in [0.3, 0.4) is 0 Å². The summed E-state index contributed by atoms with van der Waals surface area (Å²) in [6.45, 7) is 6.80. The van der Waals surface area contributed by atoms with E-state index in [0.29, 0.717) is 17.6 Å². The summed E-state index contributed by atoms with van der Waals surface area (Å²) in [4.78, 5) is 21.8. The maximum atomic E-state index is 12.9. The molecule has 3 aromatic rings. The van der Waals surface area contributed by atoms with Crippen molar-refractivity contribution in [2.75, 3.05) is 26.7 Å². The minimum absolute atomic E-state index is 0.0903. The van der Waals surface area contributed by atoms with E-state index in [1.54, 1.807) is 0 Å². The summed E-state index contributed by atoms with van der Waals surface area (Å²) in [6.07, 6.45) is 0.927. The van der Waals surface area contributed by atoms with Gasteiger partial charge < -0.3 is 9.42 Å². The summed E-state index contributed by atoms with van der Waals surface area (Å²) in [5, 5.41) is 4.18. The van der Waals surface area contributed by atoms with Crippen LogP contribution >= 0.6 is 0 Å². The number of hydrogen-bond acceptors (Lipinski definition) is 5. The van der Waals surface area contributed by atoms with Gasteiger partial charge in [-0.3, -0.25) is 9.69 Å². The predicted octanol–water partition coefficient (Wildman–Crippen LogP) is 4.38. The average molecular weight is 417 g/mol. The Labute approximate surface area is 182 Å². The van der Waals surface area contributed by atoms with Crippen molar-refractivity contribution in [3.63, 3.8) is 0 Å². The Bertz CT molecular complexity index is 1070. The summed E-state index contributed by atoms with van der Waals surface area (Å²) in [6, 6.07) is 18.0. The molecular formula is C25H28N4O2. The Hall–Kier alpha value is -2.99. The molecule has 1 atom stereocenters. The van der Waals surface area contributed by atoms with E-state index in [0.717, 1.165) is 37.2 Å². The number of nitrogens with zero attached hydrogens (tertiary/aromatic N) is 4. The van der Waals surface area contributed by atoms with Crippen LogP contribution in [0, 0.1) is 5.41 Å². The van der Waals surface area contributed by atoms with Gasteiger partial charge in [0, 0.05) is 36.2 Å². The number of benzene rings is 2. The molecule has 0 bridgehead atoms. The molecule has 5 rings (SSSR count). The van der Waals surface area contributed by atoms with Crippen molar-refractivity contribution in [2.24, 2.45) is 5.41 Å². The minimum Gasteiger partial charge on any atom is -0.337 e. The zero-order valence-corrected chi connectivity index (χ0v) is 18.3. The lowest BCUT2D eigenvalue weighted by molar-refractivity contribution is 0.0115. The highest BCUT2D eigenvalue weighted by atomic mass is 16.5. The van der Waals surface area contributed by atoms with E-state index in [1.165, 1.54) is 5.56 Å². The maximum absolute atomic E-state index is 12.9. The summed E-state index contributed by atoms with van der Waals surface area (Å²) in [5.74, 6) is 1.87. The largest absolute Gasteiger partial charge is 0.337 e. The van der Waals surface area contributed by atoms with Crippen LogP contribution in [-0.4, -0.2) is 52.5 Å². The highest BCUT2D eigenvalue weighted by Gasteiger charge is 2.53. The fourth-order valence-corrected chi connectivity index (χ4v) is 4.95. The normalized spacial score (nSPS) is 20.4. The SMILES string of the molecule is CC(C)c1ccc(C(=O)N2CC3(CC(c4nc(-c5ccccc5)no4)N(C)C3)C2)cc1. The fraction of sp³-hybridized carbons (Fsp3) is 0.400. The molecule has 6 heteroatoms. The second-order valence-corrected chi connectivity index (χ2v) is 9.40. The van der Waals surface area contributed by atoms with E-state index >= 15 is 0 Å². The van der Waals surface area contributed by atoms with Crippen molar-refractivity contribution in [2.45, 2.75) is 32.2 Å². The van der Waals surface area contributed by atoms with Crippen LogP contribution in [0.2, 0.25) is 0 Å². The van der Waals surface area contributed by atoms with Crippen LogP contribution in [0.15, 0.2) is 59.1 Å². The number of carbonyl (C=O) groups is 1. The van der Waals surface area contributed by atoms with Crippen molar-refractivity contribution in [1.29, 1.82) is 0 Å². The first-order valence-electron chi connectivity index (χ1n) is 10.9. The fourth-order valence-electron chi connectivity index (χ4n) is 4.95. The predicted molar refractivity (Wildman–Crippen MR) is 119 cm³/mol. The molecule has 2 fully saturated rings. The van der Waals surface area contributed by atoms with E-state index in [9.17, 15) is 4.79 Å². The van der Waals surface area contributed by atoms with Crippen LogP contribution in [-0.2, 0) is 0 Å². The summed E-state index contributed by atoms with van der Waals surface area (Å²) >= 11 is 0. The second-order valence-electron chi connectivity index (χ2n) is 9.40. The van der Waals surface area contributed by atoms with Gasteiger partial charge in [0.05, 0.1) is 6.04 Å². The molecule has 1 amide bonds. The standard InChI is InChI=1S/C25H28N4O2/c1-17(2)18-9-11-20(12-10-18)24(30)29-15-25(16-29)13-21(28(3)14-25)23-26-22(27-31-23)19-7-5-4-6-8-19/h4-12,17,21H,13-16H2,1-3H3. The molecule has 1 unspecified atom stereocenters. The van der Waals surface area contributed by atoms with Crippen LogP contribution in [0.25, 0.3) is 11.4 Å². The van der Waals surface area contributed by atoms with Gasteiger partial charge in [-0.05, 0) is 37.1 Å². The number of rotatable bonds is 4. The first-order chi connectivity index (χ1) is 14.9. The lowest BCUT2D eigenvalue weighted by Crippen LogP contribution is -2.59. The van der Waals surface area contributed by atoms with Gasteiger partial charge in [0.25, 0.3) is 5.91 Å². The van der Waals surface area contributed by atoms with Gasteiger partial charge in [0.1, 0.15) is 0 Å². The van der Waals surface area contributed by atoms with Crippen LogP contribution in [0.4, 0.5) is 0 Å². The lowest BCUT2D eigenvalue weighted by Gasteiger charge is -2.48. The van der Waals surface area contributed by atoms with Crippen molar-refractivity contribution in [3.05, 3.63) is 71.6 Å². The zero-order chi connectivity index (χ0) is 21.6. The third-order valence-electron chi connectivity index (χ3n) is 6.67. The van der Waals surface area contributed by atoms with Gasteiger partial charge in [0.15, 0.2) is 0 Å². The molecule has 0 saturated carbocycles. The van der Waals surface area contributed by atoms with Gasteiger partial charge in [-0.1, -0.05) is 61.5 Å². The van der Waals surface area contributed by atoms with Crippen LogP contribution < -0.4 is 0 Å². The third-order valence-corrected chi connectivity index (χ3v) is 6.67. The first kappa shape index (κ1) is 19.9. The van der Waals surface area contributed by atoms with Crippen molar-refractivity contribution >= 4 is 5.91 Å². The monoisotopic (exact) mass is 416 g/mol. The molecule has 160 valence electrons. The summed E-state index contributed by atoms with van der Waals surface area (Å²) in [5.41, 5.74) is 3.09. The average Bonchev–Trinajstić information content (AvgIpc) is 3.38. The summed E-state index contributed by atoms with van der Waals surface area (Å²) in [7, 11) is 2.10. The van der Waals surface area contributed by atoms with Gasteiger partial charge in [0.2, 0.25) is 11.7 Å². The highest BCUT2D eigenvalue weighted by molar-refractivity contribution is 5.95. The van der Waals surface area contributed by atoms with Gasteiger partial charge in [-0.2, -0.15) is 4.98 Å². The van der Waals surface area contributed by atoms with Crippen LogP contribution in [0.5, 0.6) is 0 Å². The van der Waals surface area contributed by atoms with Crippen LogP contribution in [0.1, 0.15) is 54.0 Å². The molecule has 31 heavy (non-hydrogen) atoms. The number of aromatic nitrogens is 2. The van der Waals surface area contributed by atoms with E-state index in [1.807, 2.05) is 47.4 Å². The third kappa shape index (κ3) is 3.65. The Morgan fingerprint density at radius 2 is 1.77 bits per heavy atom. The number of likely N-dealkylation sites (tertiary alicyclic amines) is 2. The molecule has 1 aromatic heterocycles. The first-order valence-corrected chi connectivity index (χ1v) is 10.9. The zero-order valence-electron chi connectivity index (χ0n) is 18.3. The Morgan fingerprint density at radius 3 is 2.45 bits per heavy atom.